The first-order valence-corrected chi connectivity index (χ1v) is 15.0. The third kappa shape index (κ3) is 5.02. The summed E-state index contributed by atoms with van der Waals surface area (Å²) in [6, 6.07) is 40.6. The van der Waals surface area contributed by atoms with Gasteiger partial charge >= 0.3 is 0 Å². The summed E-state index contributed by atoms with van der Waals surface area (Å²) in [7, 11) is 0. The van der Waals surface area contributed by atoms with Crippen LogP contribution in [-0.4, -0.2) is 15.8 Å². The van der Waals surface area contributed by atoms with Crippen molar-refractivity contribution in [2.24, 2.45) is 5.73 Å². The fourth-order valence-electron chi connectivity index (χ4n) is 6.32. The molecule has 0 aliphatic rings. The molecule has 45 heavy (non-hydrogen) atoms. The van der Waals surface area contributed by atoms with Crippen LogP contribution in [-0.2, 0) is 6.42 Å². The zero-order valence-electron chi connectivity index (χ0n) is 24.8. The van der Waals surface area contributed by atoms with Crippen molar-refractivity contribution in [3.05, 3.63) is 163 Å². The number of nitrogens with one attached hydrogen (secondary N) is 1. The number of hydrogen-bond donors (Lipinski definition) is 2. The molecule has 0 spiro atoms. The smallest absolute Gasteiger partial charge is 0.0711 e. The van der Waals surface area contributed by atoms with E-state index in [-0.39, 0.29) is 0 Å². The Morgan fingerprint density at radius 3 is 2.20 bits per heavy atom. The van der Waals surface area contributed by atoms with Crippen molar-refractivity contribution in [2.75, 3.05) is 0 Å². The van der Waals surface area contributed by atoms with E-state index < -0.39 is 0 Å². The molecule has 216 valence electrons. The molecule has 4 heteroatoms. The van der Waals surface area contributed by atoms with Crippen molar-refractivity contribution in [3.8, 4) is 28.1 Å². The molecular formula is C41H32N4. The van der Waals surface area contributed by atoms with Gasteiger partial charge in [-0.25, -0.2) is 0 Å². The quantitative estimate of drug-likeness (QED) is 0.107. The van der Waals surface area contributed by atoms with Crippen LogP contribution in [0.25, 0.3) is 66.6 Å². The molecule has 0 saturated carbocycles. The molecule has 3 N–H and O–H groups in total. The standard InChI is InChI=1S/C41H32N4/c1-2-40-38(27-43)36-17-9-10-18-41(36)45(40)32-21-19-28(20-22-32)39-26-30(24-31(44-39)13-4-3-11-23-42)37-25-29-12-5-6-14-33(29)34-15-7-8-16-35(34)37/h2-12,14-27,43H,1,13,42H2/b4-3-,23-11-,43-27?. The average Bonchev–Trinajstić information content (AvgIpc) is 3.43. The van der Waals surface area contributed by atoms with Crippen LogP contribution in [0.4, 0.5) is 0 Å². The van der Waals surface area contributed by atoms with Gasteiger partial charge in [-0.1, -0.05) is 97.6 Å². The van der Waals surface area contributed by atoms with E-state index in [0.717, 1.165) is 50.4 Å². The molecule has 0 amide bonds. The summed E-state index contributed by atoms with van der Waals surface area (Å²) in [5.41, 5.74) is 14.6. The van der Waals surface area contributed by atoms with Gasteiger partial charge in [-0.05, 0) is 87.4 Å². The van der Waals surface area contributed by atoms with Gasteiger partial charge in [0.1, 0.15) is 0 Å². The molecule has 0 bridgehead atoms. The van der Waals surface area contributed by atoms with Crippen LogP contribution in [0.15, 0.2) is 146 Å². The Kier molecular flexibility index (Phi) is 7.38. The predicted molar refractivity (Wildman–Crippen MR) is 191 cm³/mol. The number of fused-ring (bicyclic) bond motifs is 4. The minimum absolute atomic E-state index is 0.680. The summed E-state index contributed by atoms with van der Waals surface area (Å²) in [4.78, 5) is 5.11. The normalized spacial score (nSPS) is 11.7. The summed E-state index contributed by atoms with van der Waals surface area (Å²) in [6.07, 6.45) is 11.3. The van der Waals surface area contributed by atoms with Crippen LogP contribution < -0.4 is 5.73 Å². The summed E-state index contributed by atoms with van der Waals surface area (Å²) < 4.78 is 2.17. The Bertz CT molecular complexity index is 2280. The van der Waals surface area contributed by atoms with Crippen LogP contribution in [0, 0.1) is 5.41 Å². The second-order valence-corrected chi connectivity index (χ2v) is 11.0. The molecule has 0 atom stereocenters. The van der Waals surface area contributed by atoms with Gasteiger partial charge in [0.15, 0.2) is 0 Å². The van der Waals surface area contributed by atoms with Gasteiger partial charge in [-0.15, -0.1) is 0 Å². The molecule has 4 nitrogen and oxygen atoms in total. The summed E-state index contributed by atoms with van der Waals surface area (Å²) in [5, 5.41) is 14.0. The first-order valence-electron chi connectivity index (χ1n) is 15.0. The third-order valence-electron chi connectivity index (χ3n) is 8.35. The maximum atomic E-state index is 8.06. The third-order valence-corrected chi connectivity index (χ3v) is 8.35. The van der Waals surface area contributed by atoms with Gasteiger partial charge in [0.2, 0.25) is 0 Å². The number of nitrogens with two attached hydrogens (primary N) is 1. The highest BCUT2D eigenvalue weighted by atomic mass is 15.0. The van der Waals surface area contributed by atoms with Crippen molar-refractivity contribution >= 4 is 44.7 Å². The number of rotatable bonds is 8. The summed E-state index contributed by atoms with van der Waals surface area (Å²) in [5.74, 6) is 0. The lowest BCUT2D eigenvalue weighted by atomic mass is 9.92. The monoisotopic (exact) mass is 580 g/mol. The molecule has 0 radical (unpaired) electrons. The van der Waals surface area contributed by atoms with Gasteiger partial charge in [-0.3, -0.25) is 4.98 Å². The molecule has 0 aliphatic heterocycles. The highest BCUT2D eigenvalue weighted by Gasteiger charge is 2.16. The highest BCUT2D eigenvalue weighted by Crippen LogP contribution is 2.37. The van der Waals surface area contributed by atoms with E-state index in [1.54, 1.807) is 0 Å². The lowest BCUT2D eigenvalue weighted by Crippen LogP contribution is -1.98. The molecule has 0 aliphatic carbocycles. The van der Waals surface area contributed by atoms with E-state index in [1.165, 1.54) is 39.5 Å². The summed E-state index contributed by atoms with van der Waals surface area (Å²) >= 11 is 0. The Morgan fingerprint density at radius 1 is 0.733 bits per heavy atom. The van der Waals surface area contributed by atoms with E-state index in [9.17, 15) is 0 Å². The largest absolute Gasteiger partial charge is 0.405 e. The second kappa shape index (κ2) is 11.9. The SMILES string of the molecule is C=Cc1c(C=N)c2ccccc2n1-c1ccc(-c2cc(-c3cc4ccccc4c4ccccc34)cc(C/C=C\C=C/N)n2)cc1. The van der Waals surface area contributed by atoms with Crippen molar-refractivity contribution in [2.45, 2.75) is 6.42 Å². The molecule has 7 rings (SSSR count). The van der Waals surface area contributed by atoms with Crippen molar-refractivity contribution in [3.63, 3.8) is 0 Å². The maximum Gasteiger partial charge on any atom is 0.0711 e. The van der Waals surface area contributed by atoms with E-state index in [0.29, 0.717) is 6.42 Å². The van der Waals surface area contributed by atoms with E-state index in [1.807, 2.05) is 30.4 Å². The van der Waals surface area contributed by atoms with Gasteiger partial charge < -0.3 is 15.7 Å². The molecule has 0 unspecified atom stereocenters. The van der Waals surface area contributed by atoms with Crippen LogP contribution >= 0.6 is 0 Å². The molecule has 2 aromatic heterocycles. The zero-order valence-corrected chi connectivity index (χ0v) is 24.8. The van der Waals surface area contributed by atoms with E-state index in [2.05, 4.69) is 120 Å². The average molecular weight is 581 g/mol. The predicted octanol–water partition coefficient (Wildman–Crippen LogP) is 9.88. The minimum Gasteiger partial charge on any atom is -0.405 e. The van der Waals surface area contributed by atoms with Crippen LogP contribution in [0.5, 0.6) is 0 Å². The maximum absolute atomic E-state index is 8.06. The van der Waals surface area contributed by atoms with Crippen molar-refractivity contribution < 1.29 is 0 Å². The molecule has 7 aromatic rings. The van der Waals surface area contributed by atoms with Crippen LogP contribution in [0.2, 0.25) is 0 Å². The first-order chi connectivity index (χ1) is 22.2. The van der Waals surface area contributed by atoms with Crippen molar-refractivity contribution in [1.82, 2.24) is 9.55 Å². The number of aromatic nitrogens is 2. The first kappa shape index (κ1) is 27.8. The number of benzene rings is 5. The van der Waals surface area contributed by atoms with Gasteiger partial charge in [0.05, 0.1) is 16.9 Å². The molecular weight excluding hydrogens is 548 g/mol. The van der Waals surface area contributed by atoms with E-state index in [4.69, 9.17) is 16.1 Å². The lowest BCUT2D eigenvalue weighted by molar-refractivity contribution is 1.10. The summed E-state index contributed by atoms with van der Waals surface area (Å²) in [6.45, 7) is 4.06. The Labute approximate surface area is 262 Å². The fourth-order valence-corrected chi connectivity index (χ4v) is 6.32. The van der Waals surface area contributed by atoms with Gasteiger partial charge in [0, 0.05) is 40.5 Å². The molecule has 0 saturated heterocycles. The molecule has 5 aromatic carbocycles. The number of hydrogen-bond acceptors (Lipinski definition) is 3. The number of para-hydroxylation sites is 1. The molecule has 2 heterocycles. The van der Waals surface area contributed by atoms with Gasteiger partial charge in [0.25, 0.3) is 0 Å². The minimum atomic E-state index is 0.680. The van der Waals surface area contributed by atoms with E-state index >= 15 is 0 Å². The second-order valence-electron chi connectivity index (χ2n) is 11.0. The van der Waals surface area contributed by atoms with Gasteiger partial charge in [-0.2, -0.15) is 0 Å². The Morgan fingerprint density at radius 2 is 1.44 bits per heavy atom. The number of pyridine rings is 1. The van der Waals surface area contributed by atoms with Crippen molar-refractivity contribution in [1.29, 1.82) is 5.41 Å². The Balaban J connectivity index is 1.38. The highest BCUT2D eigenvalue weighted by molar-refractivity contribution is 6.13. The fraction of sp³-hybridized carbons (Fsp3) is 0.0244. The Hall–Kier alpha value is -6.00. The van der Waals surface area contributed by atoms with Crippen LogP contribution in [0.3, 0.4) is 0 Å². The molecule has 0 fully saturated rings. The number of nitrogens with zero attached hydrogens (tertiary/aromatic N) is 2. The number of allylic oxidation sites excluding steroid dienone is 3. The zero-order chi connectivity index (χ0) is 30.8. The topological polar surface area (TPSA) is 67.7 Å². The lowest BCUT2D eigenvalue weighted by Gasteiger charge is -2.14. The van der Waals surface area contributed by atoms with Crippen LogP contribution in [0.1, 0.15) is 17.0 Å².